The highest BCUT2D eigenvalue weighted by atomic mass is 79.9. The van der Waals surface area contributed by atoms with Crippen LogP contribution >= 0.6 is 15.9 Å². The normalized spacial score (nSPS) is 15.8. The van der Waals surface area contributed by atoms with Gasteiger partial charge in [0.25, 0.3) is 0 Å². The number of hydrogen-bond acceptors (Lipinski definition) is 2. The molecule has 0 aliphatic heterocycles. The molecule has 5 heteroatoms. The van der Waals surface area contributed by atoms with Crippen LogP contribution in [0, 0.1) is 0 Å². The molecule has 0 spiro atoms. The number of halogens is 1. The fourth-order valence-corrected chi connectivity index (χ4v) is 3.31. The Bertz CT molecular complexity index is 457. The van der Waals surface area contributed by atoms with Gasteiger partial charge in [-0.2, -0.15) is 0 Å². The molecule has 0 saturated carbocycles. The largest absolute Gasteiger partial charge is 0.238 e. The van der Waals surface area contributed by atoms with E-state index in [0.29, 0.717) is 0 Å². The van der Waals surface area contributed by atoms with Crippen molar-refractivity contribution in [3.8, 4) is 0 Å². The van der Waals surface area contributed by atoms with Crippen LogP contribution in [-0.2, 0) is 10.0 Å². The maximum absolute atomic E-state index is 11.5. The first-order valence-electron chi connectivity index (χ1n) is 5.13. The number of nitrogens with two attached hydrogens (primary N) is 1. The molecule has 0 heterocycles. The summed E-state index contributed by atoms with van der Waals surface area (Å²) in [7, 11) is -3.64. The molecule has 0 aliphatic rings. The van der Waals surface area contributed by atoms with Crippen LogP contribution in [0.2, 0.25) is 0 Å². The molecule has 2 N–H and O–H groups in total. The smallest absolute Gasteiger partial charge is 0.225 e. The van der Waals surface area contributed by atoms with Crippen LogP contribution in [0.5, 0.6) is 0 Å². The van der Waals surface area contributed by atoms with Crippen molar-refractivity contribution in [3.63, 3.8) is 0 Å². The lowest BCUT2D eigenvalue weighted by Gasteiger charge is -2.20. The summed E-state index contributed by atoms with van der Waals surface area (Å²) in [5.74, 6) is 0.148. The quantitative estimate of drug-likeness (QED) is 0.869. The number of primary sulfonamides is 1. The van der Waals surface area contributed by atoms with Crippen LogP contribution in [0.15, 0.2) is 29.2 Å². The standard InChI is InChI=1S/C11H16BrNO2S/c1-3-9(8(2)12)10-6-4-5-7-11(10)16(13,14)15/h4-9H,3H2,1-2H3,(H2,13,14,15). The Morgan fingerprint density at radius 3 is 2.38 bits per heavy atom. The molecule has 90 valence electrons. The molecule has 0 radical (unpaired) electrons. The minimum absolute atomic E-state index is 0.148. The van der Waals surface area contributed by atoms with Crippen molar-refractivity contribution in [1.82, 2.24) is 0 Å². The minimum Gasteiger partial charge on any atom is -0.225 e. The van der Waals surface area contributed by atoms with Gasteiger partial charge in [-0.3, -0.25) is 0 Å². The Labute approximate surface area is 105 Å². The maximum Gasteiger partial charge on any atom is 0.238 e. The lowest BCUT2D eigenvalue weighted by atomic mass is 9.94. The van der Waals surface area contributed by atoms with Crippen LogP contribution < -0.4 is 5.14 Å². The minimum atomic E-state index is -3.64. The molecule has 1 rings (SSSR count). The lowest BCUT2D eigenvalue weighted by Crippen LogP contribution is -2.18. The molecule has 1 aromatic carbocycles. The number of hydrogen-bond donors (Lipinski definition) is 1. The van der Waals surface area contributed by atoms with Gasteiger partial charge in [0, 0.05) is 4.83 Å². The third-order valence-electron chi connectivity index (χ3n) is 2.62. The van der Waals surface area contributed by atoms with E-state index in [1.807, 2.05) is 26.0 Å². The topological polar surface area (TPSA) is 60.2 Å². The van der Waals surface area contributed by atoms with Gasteiger partial charge in [-0.15, -0.1) is 0 Å². The van der Waals surface area contributed by atoms with Gasteiger partial charge in [0.2, 0.25) is 10.0 Å². The molecule has 16 heavy (non-hydrogen) atoms. The zero-order chi connectivity index (χ0) is 12.3. The molecule has 3 nitrogen and oxygen atoms in total. The fraction of sp³-hybridized carbons (Fsp3) is 0.455. The van der Waals surface area contributed by atoms with Crippen molar-refractivity contribution in [3.05, 3.63) is 29.8 Å². The highest BCUT2D eigenvalue weighted by Crippen LogP contribution is 2.31. The van der Waals surface area contributed by atoms with Gasteiger partial charge in [-0.1, -0.05) is 48.0 Å². The molecule has 1 aromatic rings. The Morgan fingerprint density at radius 2 is 1.94 bits per heavy atom. The van der Waals surface area contributed by atoms with E-state index in [1.165, 1.54) is 0 Å². The number of alkyl halides is 1. The summed E-state index contributed by atoms with van der Waals surface area (Å²) in [4.78, 5) is 0.438. The molecular weight excluding hydrogens is 290 g/mol. The number of rotatable bonds is 4. The predicted molar refractivity (Wildman–Crippen MR) is 69.2 cm³/mol. The van der Waals surface area contributed by atoms with Crippen molar-refractivity contribution in [2.45, 2.75) is 35.9 Å². The molecule has 2 atom stereocenters. The third kappa shape index (κ3) is 3.06. The second-order valence-electron chi connectivity index (χ2n) is 3.78. The van der Waals surface area contributed by atoms with Gasteiger partial charge >= 0.3 is 0 Å². The lowest BCUT2D eigenvalue weighted by molar-refractivity contribution is 0.590. The molecular formula is C11H16BrNO2S. The second-order valence-corrected chi connectivity index (χ2v) is 6.75. The van der Waals surface area contributed by atoms with Crippen LogP contribution in [-0.4, -0.2) is 13.2 Å². The number of sulfonamides is 1. The monoisotopic (exact) mass is 305 g/mol. The SMILES string of the molecule is CCC(c1ccccc1S(N)(=O)=O)C(C)Br. The molecule has 0 amide bonds. The van der Waals surface area contributed by atoms with Gasteiger partial charge in [0.1, 0.15) is 0 Å². The average molecular weight is 306 g/mol. The molecule has 0 fully saturated rings. The summed E-state index contributed by atoms with van der Waals surface area (Å²) >= 11 is 3.50. The summed E-state index contributed by atoms with van der Waals surface area (Å²) in [6.07, 6.45) is 0.860. The van der Waals surface area contributed by atoms with E-state index in [0.717, 1.165) is 12.0 Å². The second kappa shape index (κ2) is 5.29. The molecule has 0 aliphatic carbocycles. The fourth-order valence-electron chi connectivity index (χ4n) is 1.84. The van der Waals surface area contributed by atoms with E-state index in [2.05, 4.69) is 15.9 Å². The highest BCUT2D eigenvalue weighted by Gasteiger charge is 2.22. The van der Waals surface area contributed by atoms with Crippen LogP contribution in [0.4, 0.5) is 0 Å². The van der Waals surface area contributed by atoms with E-state index in [-0.39, 0.29) is 15.6 Å². The summed E-state index contributed by atoms with van der Waals surface area (Å²) < 4.78 is 22.9. The predicted octanol–water partition coefficient (Wildman–Crippen LogP) is 2.61. The summed E-state index contributed by atoms with van der Waals surface area (Å²) in [5.41, 5.74) is 0.789. The van der Waals surface area contributed by atoms with Gasteiger partial charge in [0.05, 0.1) is 4.90 Å². The molecule has 0 aromatic heterocycles. The first-order chi connectivity index (χ1) is 7.38. The summed E-state index contributed by atoms with van der Waals surface area (Å²) in [5, 5.41) is 5.21. The van der Waals surface area contributed by atoms with Crippen molar-refractivity contribution < 1.29 is 8.42 Å². The number of benzene rings is 1. The third-order valence-corrected chi connectivity index (χ3v) is 4.24. The summed E-state index contributed by atoms with van der Waals surface area (Å²) in [6, 6.07) is 6.91. The Balaban J connectivity index is 3.33. The van der Waals surface area contributed by atoms with Crippen molar-refractivity contribution >= 4 is 26.0 Å². The van der Waals surface area contributed by atoms with Crippen LogP contribution in [0.3, 0.4) is 0 Å². The average Bonchev–Trinajstić information content (AvgIpc) is 2.17. The van der Waals surface area contributed by atoms with Crippen molar-refractivity contribution in [1.29, 1.82) is 0 Å². The molecule has 2 unspecified atom stereocenters. The van der Waals surface area contributed by atoms with Gasteiger partial charge in [-0.25, -0.2) is 13.6 Å². The van der Waals surface area contributed by atoms with Gasteiger partial charge < -0.3 is 0 Å². The van der Waals surface area contributed by atoms with Crippen LogP contribution in [0.1, 0.15) is 31.7 Å². The van der Waals surface area contributed by atoms with E-state index in [4.69, 9.17) is 5.14 Å². The van der Waals surface area contributed by atoms with Crippen molar-refractivity contribution in [2.24, 2.45) is 5.14 Å². The van der Waals surface area contributed by atoms with Crippen molar-refractivity contribution in [2.75, 3.05) is 0 Å². The van der Waals surface area contributed by atoms with E-state index in [1.54, 1.807) is 12.1 Å². The Hall–Kier alpha value is -0.390. The Kier molecular flexibility index (Phi) is 4.52. The van der Waals surface area contributed by atoms with Crippen LogP contribution in [0.25, 0.3) is 0 Å². The molecule has 0 saturated heterocycles. The Morgan fingerprint density at radius 1 is 1.38 bits per heavy atom. The molecule has 0 bridgehead atoms. The van der Waals surface area contributed by atoms with E-state index < -0.39 is 10.0 Å². The first kappa shape index (κ1) is 13.7. The van der Waals surface area contributed by atoms with E-state index >= 15 is 0 Å². The van der Waals surface area contributed by atoms with E-state index in [9.17, 15) is 8.42 Å². The zero-order valence-electron chi connectivity index (χ0n) is 9.35. The maximum atomic E-state index is 11.5. The summed E-state index contributed by atoms with van der Waals surface area (Å²) in [6.45, 7) is 4.04. The first-order valence-corrected chi connectivity index (χ1v) is 7.60. The van der Waals surface area contributed by atoms with Gasteiger partial charge in [0.15, 0.2) is 0 Å². The zero-order valence-corrected chi connectivity index (χ0v) is 11.8. The van der Waals surface area contributed by atoms with Gasteiger partial charge in [-0.05, 0) is 24.0 Å². The highest BCUT2D eigenvalue weighted by molar-refractivity contribution is 9.09.